The van der Waals surface area contributed by atoms with Gasteiger partial charge in [-0.1, -0.05) is 6.92 Å². The van der Waals surface area contributed by atoms with E-state index in [0.717, 1.165) is 12.1 Å². The molecule has 0 aliphatic carbocycles. The Bertz CT molecular complexity index is 921. The largest absolute Gasteiger partial charge is 0.405 e. The number of amides is 5. The fourth-order valence-electron chi connectivity index (χ4n) is 2.64. The lowest BCUT2D eigenvalue weighted by Crippen LogP contribution is -2.50. The number of hydrogen-bond acceptors (Lipinski definition) is 5. The van der Waals surface area contributed by atoms with Crippen molar-refractivity contribution < 1.29 is 36.7 Å². The number of imide groups is 1. The van der Waals surface area contributed by atoms with Crippen molar-refractivity contribution in [2.45, 2.75) is 38.9 Å². The zero-order valence-corrected chi connectivity index (χ0v) is 16.9. The Labute approximate surface area is 174 Å². The number of nitrogens with zero attached hydrogens (tertiary/aromatic N) is 1. The molecule has 1 unspecified atom stereocenters. The van der Waals surface area contributed by atoms with E-state index in [4.69, 9.17) is 0 Å². The van der Waals surface area contributed by atoms with E-state index in [1.807, 2.05) is 0 Å². The first-order valence-electron chi connectivity index (χ1n) is 9.12. The Balaban J connectivity index is 2.05. The third-order valence-electron chi connectivity index (χ3n) is 4.70. The number of anilines is 1. The van der Waals surface area contributed by atoms with Gasteiger partial charge in [0.2, 0.25) is 0 Å². The Kier molecular flexibility index (Phi) is 6.76. The second-order valence-corrected chi connectivity index (χ2v) is 7.07. The number of carbonyl (C=O) groups excluding carboxylic acids is 4. The molecule has 1 aromatic rings. The van der Waals surface area contributed by atoms with E-state index in [2.05, 4.69) is 16.1 Å². The van der Waals surface area contributed by atoms with E-state index in [-0.39, 0.29) is 16.8 Å². The van der Waals surface area contributed by atoms with Crippen LogP contribution >= 0.6 is 0 Å². The molecule has 2 rings (SSSR count). The molecule has 5 amide bonds. The molecule has 1 aromatic carbocycles. The van der Waals surface area contributed by atoms with Crippen molar-refractivity contribution in [1.29, 1.82) is 0 Å². The van der Waals surface area contributed by atoms with Gasteiger partial charge in [0, 0.05) is 16.8 Å². The molecule has 0 aromatic heterocycles. The van der Waals surface area contributed by atoms with Gasteiger partial charge in [0.05, 0.1) is 6.54 Å². The number of rotatable bonds is 7. The highest BCUT2D eigenvalue weighted by molar-refractivity contribution is 6.07. The molecule has 0 radical (unpaired) electrons. The van der Waals surface area contributed by atoms with Gasteiger partial charge in [-0.15, -0.1) is 0 Å². The molecular weight excluding hydrogens is 426 g/mol. The van der Waals surface area contributed by atoms with E-state index < -0.39 is 54.4 Å². The van der Waals surface area contributed by atoms with Crippen molar-refractivity contribution >= 4 is 29.4 Å². The molecule has 1 aliphatic rings. The highest BCUT2D eigenvalue weighted by Gasteiger charge is 2.47. The lowest BCUT2D eigenvalue weighted by atomic mass is 10.00. The molecule has 1 fully saturated rings. The lowest BCUT2D eigenvalue weighted by molar-refractivity contribution is -0.138. The average molecular weight is 447 g/mol. The van der Waals surface area contributed by atoms with Crippen molar-refractivity contribution in [2.24, 2.45) is 0 Å². The quantitative estimate of drug-likeness (QED) is 0.374. The number of benzene rings is 1. The number of hydrazine groups is 1. The van der Waals surface area contributed by atoms with Crippen molar-refractivity contribution in [2.75, 3.05) is 18.4 Å². The van der Waals surface area contributed by atoms with E-state index in [1.165, 1.54) is 13.8 Å². The first kappa shape index (κ1) is 23.9. The van der Waals surface area contributed by atoms with Crippen LogP contribution in [0, 0.1) is 12.7 Å². The minimum Gasteiger partial charge on any atom is -0.376 e. The summed E-state index contributed by atoms with van der Waals surface area (Å²) < 4.78 is 50.9. The van der Waals surface area contributed by atoms with Crippen LogP contribution < -0.4 is 21.4 Å². The molecule has 0 saturated carbocycles. The summed E-state index contributed by atoms with van der Waals surface area (Å²) >= 11 is 0. The van der Waals surface area contributed by atoms with Gasteiger partial charge in [-0.25, -0.2) is 9.18 Å². The van der Waals surface area contributed by atoms with Crippen LogP contribution in [0.15, 0.2) is 12.1 Å². The van der Waals surface area contributed by atoms with Crippen molar-refractivity contribution in [3.8, 4) is 0 Å². The second kappa shape index (κ2) is 8.78. The molecule has 1 aliphatic heterocycles. The molecule has 4 N–H and O–H groups in total. The number of alkyl halides is 3. The van der Waals surface area contributed by atoms with Crippen LogP contribution in [0.2, 0.25) is 0 Å². The van der Waals surface area contributed by atoms with Crippen LogP contribution in [0.1, 0.15) is 36.2 Å². The fraction of sp³-hybridized carbons (Fsp3) is 0.444. The predicted molar refractivity (Wildman–Crippen MR) is 100 cm³/mol. The zero-order valence-electron chi connectivity index (χ0n) is 16.9. The van der Waals surface area contributed by atoms with Gasteiger partial charge < -0.3 is 16.0 Å². The minimum absolute atomic E-state index is 0.00808. The smallest absolute Gasteiger partial charge is 0.376 e. The minimum atomic E-state index is -4.63. The van der Waals surface area contributed by atoms with Gasteiger partial charge in [-0.2, -0.15) is 18.2 Å². The van der Waals surface area contributed by atoms with Crippen LogP contribution in [0.25, 0.3) is 0 Å². The summed E-state index contributed by atoms with van der Waals surface area (Å²) in [5.41, 5.74) is 0.559. The lowest BCUT2D eigenvalue weighted by Gasteiger charge is -2.19. The highest BCUT2D eigenvalue weighted by Crippen LogP contribution is 2.22. The number of urea groups is 1. The van der Waals surface area contributed by atoms with Crippen molar-refractivity contribution in [3.63, 3.8) is 0 Å². The first-order chi connectivity index (χ1) is 14.3. The third kappa shape index (κ3) is 5.61. The Morgan fingerprint density at radius 3 is 2.42 bits per heavy atom. The summed E-state index contributed by atoms with van der Waals surface area (Å²) in [5, 5.41) is 7.13. The summed E-state index contributed by atoms with van der Waals surface area (Å²) in [6, 6.07) is 1.04. The standard InChI is InChI=1S/C18H21F4N5O4/c1-4-17(3)15(30)27(16(31)25-17)26-13(28)7-23-12-6-10(5-11(19)9(12)2)14(29)24-8-18(20,21)22/h5-6,23H,4,7-8H2,1-3H3,(H,24,29)(H,25,31)(H,26,28). The molecule has 1 saturated heterocycles. The summed E-state index contributed by atoms with van der Waals surface area (Å²) in [6.07, 6.45) is -4.34. The maximum absolute atomic E-state index is 14.1. The van der Waals surface area contributed by atoms with Crippen LogP contribution in [0.5, 0.6) is 0 Å². The summed E-state index contributed by atoms with van der Waals surface area (Å²) in [7, 11) is 0. The summed E-state index contributed by atoms with van der Waals surface area (Å²) in [6.45, 7) is 2.40. The van der Waals surface area contributed by atoms with Crippen molar-refractivity contribution in [3.05, 3.63) is 29.1 Å². The van der Waals surface area contributed by atoms with Gasteiger partial charge in [0.15, 0.2) is 0 Å². The van der Waals surface area contributed by atoms with Gasteiger partial charge in [-0.05, 0) is 32.4 Å². The van der Waals surface area contributed by atoms with Gasteiger partial charge in [0.1, 0.15) is 17.9 Å². The van der Waals surface area contributed by atoms with Crippen molar-refractivity contribution in [1.82, 2.24) is 21.1 Å². The summed E-state index contributed by atoms with van der Waals surface area (Å²) in [4.78, 5) is 48.2. The maximum Gasteiger partial charge on any atom is 0.405 e. The molecule has 9 nitrogen and oxygen atoms in total. The van der Waals surface area contributed by atoms with E-state index in [1.54, 1.807) is 12.2 Å². The summed E-state index contributed by atoms with van der Waals surface area (Å²) in [5.74, 6) is -3.51. The molecule has 0 spiro atoms. The number of nitrogens with one attached hydrogen (secondary N) is 4. The predicted octanol–water partition coefficient (Wildman–Crippen LogP) is 1.59. The number of halogens is 4. The Morgan fingerprint density at radius 1 is 1.23 bits per heavy atom. The van der Waals surface area contributed by atoms with Crippen LogP contribution in [-0.4, -0.2) is 53.6 Å². The first-order valence-corrected chi connectivity index (χ1v) is 9.12. The molecule has 0 bridgehead atoms. The van der Waals surface area contributed by atoms with Crippen LogP contribution in [-0.2, 0) is 9.59 Å². The Hall–Kier alpha value is -3.38. The van der Waals surface area contributed by atoms with Gasteiger partial charge >= 0.3 is 12.2 Å². The van der Waals surface area contributed by atoms with Gasteiger partial charge in [0.25, 0.3) is 17.7 Å². The number of carbonyl (C=O) groups is 4. The van der Waals surface area contributed by atoms with E-state index in [9.17, 15) is 36.7 Å². The molecule has 170 valence electrons. The van der Waals surface area contributed by atoms with E-state index >= 15 is 0 Å². The van der Waals surface area contributed by atoms with Crippen LogP contribution in [0.3, 0.4) is 0 Å². The normalized spacial score (nSPS) is 18.6. The monoisotopic (exact) mass is 447 g/mol. The number of hydrogen-bond donors (Lipinski definition) is 4. The molecule has 31 heavy (non-hydrogen) atoms. The van der Waals surface area contributed by atoms with Crippen LogP contribution in [0.4, 0.5) is 28.0 Å². The SMILES string of the molecule is CCC1(C)NC(=O)N(NC(=O)CNc2cc(C(=O)NCC(F)(F)F)cc(F)c2C)C1=O. The zero-order chi connectivity index (χ0) is 23.6. The highest BCUT2D eigenvalue weighted by atomic mass is 19.4. The maximum atomic E-state index is 14.1. The fourth-order valence-corrected chi connectivity index (χ4v) is 2.64. The average Bonchev–Trinajstić information content (AvgIpc) is 2.90. The van der Waals surface area contributed by atoms with Gasteiger partial charge in [-0.3, -0.25) is 19.8 Å². The molecule has 1 atom stereocenters. The van der Waals surface area contributed by atoms with E-state index in [0.29, 0.717) is 11.4 Å². The molecular formula is C18H21F4N5O4. The Morgan fingerprint density at radius 2 is 1.87 bits per heavy atom. The molecule has 13 heteroatoms. The topological polar surface area (TPSA) is 120 Å². The third-order valence-corrected chi connectivity index (χ3v) is 4.70. The second-order valence-electron chi connectivity index (χ2n) is 7.07. The molecule has 1 heterocycles.